The fourth-order valence-corrected chi connectivity index (χ4v) is 2.45. The van der Waals surface area contributed by atoms with Crippen LogP contribution in [0.1, 0.15) is 33.3 Å². The molecular weight excluding hydrogens is 270 g/mol. The number of hydrogen-bond donors (Lipinski definition) is 1. The molecule has 0 spiro atoms. The first kappa shape index (κ1) is 17.3. The Hall–Kier alpha value is -0.730. The number of halogens is 1. The highest BCUT2D eigenvalue weighted by Gasteiger charge is 2.15. The molecule has 2 nitrogen and oxygen atoms in total. The smallest absolute Gasteiger partial charge is 0.122 e. The van der Waals surface area contributed by atoms with Crippen LogP contribution in [0, 0.1) is 17.8 Å². The van der Waals surface area contributed by atoms with Crippen LogP contribution in [0.4, 0.5) is 0 Å². The average Bonchev–Trinajstić information content (AvgIpc) is 2.38. The van der Waals surface area contributed by atoms with Crippen LogP contribution in [-0.4, -0.2) is 20.2 Å². The van der Waals surface area contributed by atoms with Crippen LogP contribution in [-0.2, 0) is 6.42 Å². The van der Waals surface area contributed by atoms with Gasteiger partial charge in [0.15, 0.2) is 0 Å². The highest BCUT2D eigenvalue weighted by atomic mass is 35.5. The van der Waals surface area contributed by atoms with E-state index >= 15 is 0 Å². The zero-order valence-electron chi connectivity index (χ0n) is 13.4. The molecule has 1 rings (SSSR count). The van der Waals surface area contributed by atoms with Crippen LogP contribution in [0.2, 0.25) is 5.02 Å². The lowest BCUT2D eigenvalue weighted by Crippen LogP contribution is -2.28. The molecule has 0 aliphatic heterocycles. The molecular formula is C17H28ClNO. The van der Waals surface area contributed by atoms with Crippen molar-refractivity contribution in [2.75, 3.05) is 20.2 Å². The number of nitrogens with one attached hydrogen (secondary N) is 1. The molecule has 0 saturated heterocycles. The first-order valence-electron chi connectivity index (χ1n) is 7.47. The highest BCUT2D eigenvalue weighted by Crippen LogP contribution is 2.27. The Bertz CT molecular complexity index is 406. The zero-order valence-corrected chi connectivity index (χ0v) is 14.1. The van der Waals surface area contributed by atoms with Gasteiger partial charge in [-0.15, -0.1) is 0 Å². The van der Waals surface area contributed by atoms with Crippen LogP contribution >= 0.6 is 11.6 Å². The van der Waals surface area contributed by atoms with E-state index in [9.17, 15) is 0 Å². The number of ether oxygens (including phenoxy) is 1. The van der Waals surface area contributed by atoms with Gasteiger partial charge in [-0.05, 0) is 61.0 Å². The van der Waals surface area contributed by atoms with Gasteiger partial charge in [-0.2, -0.15) is 0 Å². The van der Waals surface area contributed by atoms with Gasteiger partial charge in [0.1, 0.15) is 5.75 Å². The fourth-order valence-electron chi connectivity index (χ4n) is 2.26. The Morgan fingerprint density at radius 1 is 1.10 bits per heavy atom. The van der Waals surface area contributed by atoms with Crippen LogP contribution in [0.25, 0.3) is 0 Å². The maximum absolute atomic E-state index is 6.09. The van der Waals surface area contributed by atoms with E-state index in [0.29, 0.717) is 17.8 Å². The second-order valence-electron chi connectivity index (χ2n) is 6.17. The third kappa shape index (κ3) is 5.72. The second kappa shape index (κ2) is 8.53. The van der Waals surface area contributed by atoms with Crippen molar-refractivity contribution in [3.8, 4) is 5.75 Å². The topological polar surface area (TPSA) is 21.3 Å². The molecule has 0 fully saturated rings. The summed E-state index contributed by atoms with van der Waals surface area (Å²) in [6, 6.07) is 5.85. The summed E-state index contributed by atoms with van der Waals surface area (Å²) >= 11 is 6.09. The molecule has 0 amide bonds. The van der Waals surface area contributed by atoms with Gasteiger partial charge in [0.2, 0.25) is 0 Å². The van der Waals surface area contributed by atoms with Crippen molar-refractivity contribution in [2.24, 2.45) is 17.8 Å². The normalized spacial score (nSPS) is 14.3. The van der Waals surface area contributed by atoms with E-state index in [2.05, 4.69) is 33.0 Å². The third-order valence-corrected chi connectivity index (χ3v) is 4.01. The first-order chi connectivity index (χ1) is 9.43. The van der Waals surface area contributed by atoms with Crippen LogP contribution < -0.4 is 10.1 Å². The Morgan fingerprint density at radius 2 is 1.80 bits per heavy atom. The van der Waals surface area contributed by atoms with E-state index in [4.69, 9.17) is 16.3 Å². The maximum Gasteiger partial charge on any atom is 0.122 e. The lowest BCUT2D eigenvalue weighted by Gasteiger charge is -2.22. The van der Waals surface area contributed by atoms with Gasteiger partial charge >= 0.3 is 0 Å². The minimum atomic E-state index is 0.585. The van der Waals surface area contributed by atoms with Crippen LogP contribution in [0.5, 0.6) is 5.75 Å². The lowest BCUT2D eigenvalue weighted by molar-refractivity contribution is 0.349. The van der Waals surface area contributed by atoms with Crippen molar-refractivity contribution in [2.45, 2.75) is 34.1 Å². The summed E-state index contributed by atoms with van der Waals surface area (Å²) in [5.41, 5.74) is 1.20. The minimum Gasteiger partial charge on any atom is -0.496 e. The molecule has 20 heavy (non-hydrogen) atoms. The molecule has 2 atom stereocenters. The largest absolute Gasteiger partial charge is 0.496 e. The SMILES string of the molecule is COc1ccc(Cl)cc1CC(C)C(C)CNCC(C)C. The summed E-state index contributed by atoms with van der Waals surface area (Å²) in [4.78, 5) is 0. The molecule has 0 aliphatic carbocycles. The van der Waals surface area contributed by atoms with E-state index in [-0.39, 0.29) is 0 Å². The standard InChI is InChI=1S/C17H28ClNO/c1-12(2)10-19-11-14(4)13(3)8-15-9-16(18)6-7-17(15)20-5/h6-7,9,12-14,19H,8,10-11H2,1-5H3. The third-order valence-electron chi connectivity index (χ3n) is 3.77. The van der Waals surface area contributed by atoms with Gasteiger partial charge in [-0.25, -0.2) is 0 Å². The number of hydrogen-bond acceptors (Lipinski definition) is 2. The molecule has 114 valence electrons. The molecule has 2 unspecified atom stereocenters. The van der Waals surface area contributed by atoms with E-state index in [1.807, 2.05) is 18.2 Å². The molecule has 3 heteroatoms. The van der Waals surface area contributed by atoms with Crippen LogP contribution in [0.3, 0.4) is 0 Å². The molecule has 0 aromatic heterocycles. The number of methoxy groups -OCH3 is 1. The van der Waals surface area contributed by atoms with Gasteiger partial charge < -0.3 is 10.1 Å². The lowest BCUT2D eigenvalue weighted by atomic mass is 9.89. The Labute approximate surface area is 128 Å². The summed E-state index contributed by atoms with van der Waals surface area (Å²) < 4.78 is 5.42. The molecule has 0 radical (unpaired) electrons. The Morgan fingerprint density at radius 3 is 2.40 bits per heavy atom. The van der Waals surface area contributed by atoms with Gasteiger partial charge in [-0.3, -0.25) is 0 Å². The van der Waals surface area contributed by atoms with Gasteiger partial charge in [0, 0.05) is 5.02 Å². The molecule has 0 aliphatic rings. The Balaban J connectivity index is 2.56. The molecule has 1 aromatic rings. The van der Waals surface area contributed by atoms with Crippen LogP contribution in [0.15, 0.2) is 18.2 Å². The summed E-state index contributed by atoms with van der Waals surface area (Å²) in [7, 11) is 1.71. The maximum atomic E-state index is 6.09. The minimum absolute atomic E-state index is 0.585. The first-order valence-corrected chi connectivity index (χ1v) is 7.85. The van der Waals surface area contributed by atoms with E-state index in [1.54, 1.807) is 7.11 Å². The van der Waals surface area contributed by atoms with Gasteiger partial charge in [0.25, 0.3) is 0 Å². The number of benzene rings is 1. The zero-order chi connectivity index (χ0) is 15.1. The van der Waals surface area contributed by atoms with Gasteiger partial charge in [-0.1, -0.05) is 39.3 Å². The van der Waals surface area contributed by atoms with Gasteiger partial charge in [0.05, 0.1) is 7.11 Å². The second-order valence-corrected chi connectivity index (χ2v) is 6.60. The van der Waals surface area contributed by atoms with Crippen molar-refractivity contribution in [3.05, 3.63) is 28.8 Å². The highest BCUT2D eigenvalue weighted by molar-refractivity contribution is 6.30. The van der Waals surface area contributed by atoms with E-state index in [0.717, 1.165) is 30.3 Å². The van der Waals surface area contributed by atoms with Crippen molar-refractivity contribution < 1.29 is 4.74 Å². The Kier molecular flexibility index (Phi) is 7.39. The quantitative estimate of drug-likeness (QED) is 0.767. The number of rotatable bonds is 8. The molecule has 0 bridgehead atoms. The van der Waals surface area contributed by atoms with Crippen molar-refractivity contribution >= 4 is 11.6 Å². The summed E-state index contributed by atoms with van der Waals surface area (Å²) in [6.07, 6.45) is 0.994. The fraction of sp³-hybridized carbons (Fsp3) is 0.647. The van der Waals surface area contributed by atoms with E-state index < -0.39 is 0 Å². The predicted molar refractivity (Wildman–Crippen MR) is 87.7 cm³/mol. The molecule has 1 aromatic carbocycles. The van der Waals surface area contributed by atoms with E-state index in [1.165, 1.54) is 5.56 Å². The predicted octanol–water partition coefficient (Wildman–Crippen LogP) is 4.41. The molecule has 1 N–H and O–H groups in total. The van der Waals surface area contributed by atoms with Crippen molar-refractivity contribution in [3.63, 3.8) is 0 Å². The molecule has 0 heterocycles. The molecule has 0 saturated carbocycles. The summed E-state index contributed by atoms with van der Waals surface area (Å²) in [5.74, 6) is 2.84. The average molecular weight is 298 g/mol. The summed E-state index contributed by atoms with van der Waals surface area (Å²) in [6.45, 7) is 11.2. The monoisotopic (exact) mass is 297 g/mol. The van der Waals surface area contributed by atoms with Crippen molar-refractivity contribution in [1.82, 2.24) is 5.32 Å². The summed E-state index contributed by atoms with van der Waals surface area (Å²) in [5, 5.41) is 4.31. The van der Waals surface area contributed by atoms with Crippen molar-refractivity contribution in [1.29, 1.82) is 0 Å².